The fraction of sp³-hybridized carbons (Fsp3) is 0.143. The van der Waals surface area contributed by atoms with Gasteiger partial charge in [0.1, 0.15) is 0 Å². The fourth-order valence-corrected chi connectivity index (χ4v) is 1.72. The third kappa shape index (κ3) is 3.08. The van der Waals surface area contributed by atoms with Crippen molar-refractivity contribution in [2.45, 2.75) is 13.8 Å². The highest BCUT2D eigenvalue weighted by atomic mass is 16.1. The molecule has 0 aliphatic carbocycles. The number of hydrogen-bond donors (Lipinski definition) is 3. The summed E-state index contributed by atoms with van der Waals surface area (Å²) in [5.41, 5.74) is 6.21. The molecule has 98 valence electrons. The van der Waals surface area contributed by atoms with Gasteiger partial charge < -0.3 is 10.7 Å². The normalized spacial score (nSPS) is 10.1. The molecule has 4 N–H and O–H groups in total. The van der Waals surface area contributed by atoms with E-state index in [0.717, 1.165) is 11.3 Å². The van der Waals surface area contributed by atoms with E-state index in [1.54, 1.807) is 12.3 Å². The quantitative estimate of drug-likeness (QED) is 0.581. The number of rotatable bonds is 3. The van der Waals surface area contributed by atoms with E-state index in [1.807, 2.05) is 38.1 Å². The molecule has 0 aliphatic heterocycles. The summed E-state index contributed by atoms with van der Waals surface area (Å²) in [4.78, 5) is 16.3. The molecule has 0 radical (unpaired) electrons. The van der Waals surface area contributed by atoms with Gasteiger partial charge in [0.25, 0.3) is 5.91 Å². The molecule has 1 heterocycles. The molecule has 1 aromatic heterocycles. The molecular formula is C14H16N4O. The first kappa shape index (κ1) is 13.0. The zero-order valence-corrected chi connectivity index (χ0v) is 10.9. The summed E-state index contributed by atoms with van der Waals surface area (Å²) in [7, 11) is 0. The minimum Gasteiger partial charge on any atom is -0.323 e. The maximum absolute atomic E-state index is 12.2. The highest BCUT2D eigenvalue weighted by molar-refractivity contribution is 6.08. The number of hydrogen-bond acceptors (Lipinski definition) is 4. The summed E-state index contributed by atoms with van der Waals surface area (Å²) in [5, 5.41) is 2.78. The van der Waals surface area contributed by atoms with Crippen molar-refractivity contribution in [3.05, 3.63) is 53.3 Å². The van der Waals surface area contributed by atoms with Crippen LogP contribution in [-0.2, 0) is 0 Å². The van der Waals surface area contributed by atoms with Crippen LogP contribution in [0.2, 0.25) is 0 Å². The van der Waals surface area contributed by atoms with Gasteiger partial charge in [-0.15, -0.1) is 0 Å². The SMILES string of the molecule is Cc1ccc(C(=O)Nc2ccc(C)nc2)c(NN)c1. The second-order valence-corrected chi connectivity index (χ2v) is 4.34. The number of pyridine rings is 1. The first-order valence-electron chi connectivity index (χ1n) is 5.91. The third-order valence-electron chi connectivity index (χ3n) is 2.74. The summed E-state index contributed by atoms with van der Waals surface area (Å²) in [6.07, 6.45) is 1.62. The number of anilines is 2. The Hall–Kier alpha value is -2.40. The average molecular weight is 256 g/mol. The molecule has 0 fully saturated rings. The molecule has 0 atom stereocenters. The van der Waals surface area contributed by atoms with Crippen LogP contribution in [0.5, 0.6) is 0 Å². The summed E-state index contributed by atoms with van der Waals surface area (Å²) in [5.74, 6) is 5.20. The predicted molar refractivity (Wildman–Crippen MR) is 75.9 cm³/mol. The molecule has 0 saturated heterocycles. The Bertz CT molecular complexity index is 593. The van der Waals surface area contributed by atoms with E-state index in [2.05, 4.69) is 15.7 Å². The Morgan fingerprint density at radius 1 is 1.21 bits per heavy atom. The lowest BCUT2D eigenvalue weighted by Gasteiger charge is -2.10. The Morgan fingerprint density at radius 2 is 2.00 bits per heavy atom. The number of nitrogens with two attached hydrogens (primary N) is 1. The summed E-state index contributed by atoms with van der Waals surface area (Å²) >= 11 is 0. The summed E-state index contributed by atoms with van der Waals surface area (Å²) in [6, 6.07) is 9.07. The predicted octanol–water partition coefficient (Wildman–Crippen LogP) is 2.24. The molecule has 0 aliphatic rings. The number of nitrogen functional groups attached to an aromatic ring is 1. The second-order valence-electron chi connectivity index (χ2n) is 4.34. The van der Waals surface area contributed by atoms with Crippen molar-refractivity contribution in [2.24, 2.45) is 5.84 Å². The molecular weight excluding hydrogens is 240 g/mol. The van der Waals surface area contributed by atoms with Crippen LogP contribution in [0.25, 0.3) is 0 Å². The Kier molecular flexibility index (Phi) is 3.77. The molecule has 19 heavy (non-hydrogen) atoms. The minimum atomic E-state index is -0.224. The van der Waals surface area contributed by atoms with E-state index < -0.39 is 0 Å². The Balaban J connectivity index is 2.22. The van der Waals surface area contributed by atoms with Crippen LogP contribution in [0.15, 0.2) is 36.5 Å². The van der Waals surface area contributed by atoms with Gasteiger partial charge in [0.15, 0.2) is 0 Å². The Labute approximate surface area is 111 Å². The van der Waals surface area contributed by atoms with Gasteiger partial charge in [0, 0.05) is 5.69 Å². The molecule has 0 spiro atoms. The minimum absolute atomic E-state index is 0.224. The van der Waals surface area contributed by atoms with Crippen LogP contribution >= 0.6 is 0 Å². The first-order chi connectivity index (χ1) is 9.10. The van der Waals surface area contributed by atoms with E-state index in [4.69, 9.17) is 5.84 Å². The lowest BCUT2D eigenvalue weighted by molar-refractivity contribution is 0.102. The van der Waals surface area contributed by atoms with Gasteiger partial charge in [-0.05, 0) is 43.7 Å². The van der Waals surface area contributed by atoms with Crippen LogP contribution in [-0.4, -0.2) is 10.9 Å². The van der Waals surface area contributed by atoms with Crippen LogP contribution in [0, 0.1) is 13.8 Å². The van der Waals surface area contributed by atoms with Crippen molar-refractivity contribution < 1.29 is 4.79 Å². The maximum Gasteiger partial charge on any atom is 0.257 e. The van der Waals surface area contributed by atoms with Crippen molar-refractivity contribution in [3.63, 3.8) is 0 Å². The van der Waals surface area contributed by atoms with E-state index >= 15 is 0 Å². The molecule has 1 aromatic carbocycles. The molecule has 0 unspecified atom stereocenters. The van der Waals surface area contributed by atoms with Crippen molar-refractivity contribution in [1.82, 2.24) is 4.98 Å². The number of benzene rings is 1. The van der Waals surface area contributed by atoms with Gasteiger partial charge in [-0.2, -0.15) is 0 Å². The van der Waals surface area contributed by atoms with Gasteiger partial charge in [0.05, 0.1) is 23.1 Å². The molecule has 0 bridgehead atoms. The van der Waals surface area contributed by atoms with Gasteiger partial charge in [-0.25, -0.2) is 0 Å². The number of nitrogens with one attached hydrogen (secondary N) is 2. The molecule has 2 rings (SSSR count). The zero-order chi connectivity index (χ0) is 13.8. The number of carbonyl (C=O) groups is 1. The van der Waals surface area contributed by atoms with Crippen LogP contribution in [0.1, 0.15) is 21.6 Å². The molecule has 0 saturated carbocycles. The number of hydrazine groups is 1. The smallest absolute Gasteiger partial charge is 0.257 e. The number of aryl methyl sites for hydroxylation is 2. The molecule has 5 heteroatoms. The Morgan fingerprint density at radius 3 is 2.63 bits per heavy atom. The topological polar surface area (TPSA) is 80.0 Å². The number of nitrogens with zero attached hydrogens (tertiary/aromatic N) is 1. The summed E-state index contributed by atoms with van der Waals surface area (Å²) < 4.78 is 0. The zero-order valence-electron chi connectivity index (χ0n) is 10.9. The lowest BCUT2D eigenvalue weighted by Crippen LogP contribution is -2.17. The van der Waals surface area contributed by atoms with Crippen LogP contribution in [0.4, 0.5) is 11.4 Å². The van der Waals surface area contributed by atoms with Gasteiger partial charge in [-0.3, -0.25) is 15.6 Å². The van der Waals surface area contributed by atoms with Gasteiger partial charge >= 0.3 is 0 Å². The fourth-order valence-electron chi connectivity index (χ4n) is 1.72. The monoisotopic (exact) mass is 256 g/mol. The van der Waals surface area contributed by atoms with E-state index in [-0.39, 0.29) is 5.91 Å². The van der Waals surface area contributed by atoms with E-state index in [9.17, 15) is 4.79 Å². The van der Waals surface area contributed by atoms with E-state index in [0.29, 0.717) is 16.9 Å². The molecule has 2 aromatic rings. The number of aromatic nitrogens is 1. The standard InChI is InChI=1S/C14H16N4O/c1-9-3-6-12(13(7-9)18-15)14(19)17-11-5-4-10(2)16-8-11/h3-8,18H,15H2,1-2H3,(H,17,19). The first-order valence-corrected chi connectivity index (χ1v) is 5.91. The highest BCUT2D eigenvalue weighted by Gasteiger charge is 2.11. The lowest BCUT2D eigenvalue weighted by atomic mass is 10.1. The van der Waals surface area contributed by atoms with Crippen LogP contribution < -0.4 is 16.6 Å². The van der Waals surface area contributed by atoms with Crippen LogP contribution in [0.3, 0.4) is 0 Å². The van der Waals surface area contributed by atoms with Gasteiger partial charge in [-0.1, -0.05) is 6.07 Å². The average Bonchev–Trinajstić information content (AvgIpc) is 2.41. The highest BCUT2D eigenvalue weighted by Crippen LogP contribution is 2.18. The third-order valence-corrected chi connectivity index (χ3v) is 2.74. The van der Waals surface area contributed by atoms with Crippen molar-refractivity contribution in [1.29, 1.82) is 0 Å². The van der Waals surface area contributed by atoms with E-state index in [1.165, 1.54) is 0 Å². The van der Waals surface area contributed by atoms with Crippen molar-refractivity contribution in [2.75, 3.05) is 10.7 Å². The van der Waals surface area contributed by atoms with Crippen molar-refractivity contribution >= 4 is 17.3 Å². The maximum atomic E-state index is 12.2. The molecule has 5 nitrogen and oxygen atoms in total. The van der Waals surface area contributed by atoms with Crippen molar-refractivity contribution in [3.8, 4) is 0 Å². The second kappa shape index (κ2) is 5.49. The summed E-state index contributed by atoms with van der Waals surface area (Å²) in [6.45, 7) is 3.83. The molecule has 1 amide bonds. The number of carbonyl (C=O) groups excluding carboxylic acids is 1. The number of amides is 1. The largest absolute Gasteiger partial charge is 0.323 e. The van der Waals surface area contributed by atoms with Gasteiger partial charge in [0.2, 0.25) is 0 Å².